The normalized spacial score (nSPS) is 23.4. The molecule has 1 aromatic carbocycles. The molecule has 0 unspecified atom stereocenters. The standard InChI is InChI=1S/C19H16ClF2N5O2S/c1-18(22)9-30-17(24)27-19(18,8-28)12-5-11(2-3-14(12)21)26-16(29)15-13(20)4-10(6-23)7-25-15/h2-5,7,28H,8-9H2,1H3,(H2,24,27)(H,26,29)/t18-,19-/m1/s1. The summed E-state index contributed by atoms with van der Waals surface area (Å²) in [6.45, 7) is 0.371. The third kappa shape index (κ3) is 3.84. The molecule has 0 spiro atoms. The first-order valence-corrected chi connectivity index (χ1v) is 9.95. The second-order valence-electron chi connectivity index (χ2n) is 6.77. The number of aliphatic imine (C=N–C) groups is 1. The van der Waals surface area contributed by atoms with Gasteiger partial charge < -0.3 is 16.2 Å². The summed E-state index contributed by atoms with van der Waals surface area (Å²) in [5.74, 6) is -1.67. The molecule has 2 aromatic rings. The number of thioether (sulfide) groups is 1. The van der Waals surface area contributed by atoms with Crippen molar-refractivity contribution < 1.29 is 18.7 Å². The van der Waals surface area contributed by atoms with Crippen molar-refractivity contribution in [2.75, 3.05) is 17.7 Å². The Kier molecular flexibility index (Phi) is 5.99. The van der Waals surface area contributed by atoms with Gasteiger partial charge in [-0.3, -0.25) is 4.79 Å². The number of anilines is 1. The summed E-state index contributed by atoms with van der Waals surface area (Å²) in [6.07, 6.45) is 1.18. The van der Waals surface area contributed by atoms with E-state index < -0.39 is 29.5 Å². The maximum Gasteiger partial charge on any atom is 0.275 e. The summed E-state index contributed by atoms with van der Waals surface area (Å²) in [6, 6.07) is 6.61. The van der Waals surface area contributed by atoms with Gasteiger partial charge >= 0.3 is 0 Å². The second-order valence-corrected chi connectivity index (χ2v) is 8.17. The Morgan fingerprint density at radius 2 is 2.23 bits per heavy atom. The minimum Gasteiger partial charge on any atom is -0.393 e. The highest BCUT2D eigenvalue weighted by Gasteiger charge is 2.54. The summed E-state index contributed by atoms with van der Waals surface area (Å²) < 4.78 is 30.1. The van der Waals surface area contributed by atoms with E-state index in [9.17, 15) is 14.3 Å². The average molecular weight is 452 g/mol. The molecule has 0 saturated carbocycles. The van der Waals surface area contributed by atoms with Crippen LogP contribution in [0, 0.1) is 17.1 Å². The van der Waals surface area contributed by atoms with Crippen molar-refractivity contribution in [1.29, 1.82) is 5.26 Å². The minimum atomic E-state index is -2.11. The third-order valence-electron chi connectivity index (χ3n) is 4.74. The Hall–Kier alpha value is -2.74. The van der Waals surface area contributed by atoms with Gasteiger partial charge in [0, 0.05) is 23.2 Å². The van der Waals surface area contributed by atoms with Crippen LogP contribution in [0.3, 0.4) is 0 Å². The number of benzene rings is 1. The van der Waals surface area contributed by atoms with Gasteiger partial charge in [0.25, 0.3) is 5.91 Å². The van der Waals surface area contributed by atoms with E-state index >= 15 is 4.39 Å². The van der Waals surface area contributed by atoms with E-state index in [2.05, 4.69) is 15.3 Å². The van der Waals surface area contributed by atoms with Crippen molar-refractivity contribution in [3.8, 4) is 6.07 Å². The van der Waals surface area contributed by atoms with Crippen LogP contribution in [0.15, 0.2) is 35.5 Å². The SMILES string of the molecule is C[C@@]1(F)CSC(N)=N[C@]1(CO)c1cc(NC(=O)c2ncc(C#N)cc2Cl)ccc1F. The number of nitriles is 1. The van der Waals surface area contributed by atoms with Gasteiger partial charge in [-0.2, -0.15) is 5.26 Å². The lowest BCUT2D eigenvalue weighted by molar-refractivity contribution is 0.0434. The molecule has 156 valence electrons. The van der Waals surface area contributed by atoms with Crippen LogP contribution in [-0.4, -0.2) is 39.2 Å². The molecule has 1 aromatic heterocycles. The minimum absolute atomic E-state index is 0.0154. The molecule has 2 heterocycles. The van der Waals surface area contributed by atoms with Crippen LogP contribution in [0.1, 0.15) is 28.5 Å². The lowest BCUT2D eigenvalue weighted by atomic mass is 9.78. The number of hydrogen-bond acceptors (Lipinski definition) is 7. The highest BCUT2D eigenvalue weighted by atomic mass is 35.5. The van der Waals surface area contributed by atoms with Crippen molar-refractivity contribution in [2.45, 2.75) is 18.1 Å². The highest BCUT2D eigenvalue weighted by molar-refractivity contribution is 8.13. The number of halogens is 3. The molecule has 1 aliphatic heterocycles. The number of nitrogens with zero attached hydrogens (tertiary/aromatic N) is 3. The van der Waals surface area contributed by atoms with Gasteiger partial charge in [0.05, 0.1) is 17.2 Å². The fourth-order valence-corrected chi connectivity index (χ4v) is 4.20. The molecule has 3 rings (SSSR count). The first kappa shape index (κ1) is 22.0. The maximum absolute atomic E-state index is 15.4. The number of aliphatic hydroxyl groups is 1. The molecule has 0 radical (unpaired) electrons. The Balaban J connectivity index is 2.01. The van der Waals surface area contributed by atoms with Gasteiger partial charge in [-0.1, -0.05) is 23.4 Å². The zero-order chi connectivity index (χ0) is 22.1. The Morgan fingerprint density at radius 1 is 1.50 bits per heavy atom. The van der Waals surface area contributed by atoms with E-state index in [4.69, 9.17) is 22.6 Å². The zero-order valence-corrected chi connectivity index (χ0v) is 17.2. The number of nitrogens with two attached hydrogens (primary N) is 1. The van der Waals surface area contributed by atoms with Gasteiger partial charge in [0.2, 0.25) is 0 Å². The largest absolute Gasteiger partial charge is 0.393 e. The van der Waals surface area contributed by atoms with E-state index in [1.807, 2.05) is 6.07 Å². The number of aromatic nitrogens is 1. The topological polar surface area (TPSA) is 124 Å². The van der Waals surface area contributed by atoms with E-state index in [0.717, 1.165) is 17.8 Å². The van der Waals surface area contributed by atoms with Gasteiger partial charge in [0.1, 0.15) is 28.8 Å². The average Bonchev–Trinajstić information content (AvgIpc) is 2.71. The molecule has 0 aliphatic carbocycles. The molecule has 11 heteroatoms. The molecule has 7 nitrogen and oxygen atoms in total. The summed E-state index contributed by atoms with van der Waals surface area (Å²) >= 11 is 6.96. The molecular weight excluding hydrogens is 436 g/mol. The lowest BCUT2D eigenvalue weighted by Gasteiger charge is -2.42. The summed E-state index contributed by atoms with van der Waals surface area (Å²) in [5.41, 5.74) is 1.52. The molecule has 4 N–H and O–H groups in total. The fourth-order valence-electron chi connectivity index (χ4n) is 3.07. The van der Waals surface area contributed by atoms with Crippen LogP contribution in [-0.2, 0) is 5.54 Å². The maximum atomic E-state index is 15.4. The molecule has 30 heavy (non-hydrogen) atoms. The molecular formula is C19H16ClF2N5O2S. The number of pyridine rings is 1. The molecule has 2 atom stereocenters. The number of amides is 1. The van der Waals surface area contributed by atoms with Crippen molar-refractivity contribution in [1.82, 2.24) is 4.98 Å². The van der Waals surface area contributed by atoms with Crippen LogP contribution < -0.4 is 11.1 Å². The number of aliphatic hydroxyl groups excluding tert-OH is 1. The number of amidine groups is 1. The predicted octanol–water partition coefficient (Wildman–Crippen LogP) is 2.98. The number of carbonyl (C=O) groups excluding carboxylic acids is 1. The summed E-state index contributed by atoms with van der Waals surface area (Å²) in [4.78, 5) is 20.4. The van der Waals surface area contributed by atoms with Gasteiger partial charge in [0.15, 0.2) is 5.17 Å². The molecule has 0 fully saturated rings. The monoisotopic (exact) mass is 451 g/mol. The van der Waals surface area contributed by atoms with Crippen molar-refractivity contribution in [3.63, 3.8) is 0 Å². The third-order valence-corrected chi connectivity index (χ3v) is 6.10. The van der Waals surface area contributed by atoms with E-state index in [-0.39, 0.29) is 38.5 Å². The first-order chi connectivity index (χ1) is 14.1. The number of rotatable bonds is 4. The number of alkyl halides is 1. The summed E-state index contributed by atoms with van der Waals surface area (Å²) in [7, 11) is 0. The van der Waals surface area contributed by atoms with Gasteiger partial charge in [-0.15, -0.1) is 0 Å². The van der Waals surface area contributed by atoms with Crippen LogP contribution in [0.5, 0.6) is 0 Å². The van der Waals surface area contributed by atoms with Crippen LogP contribution in [0.4, 0.5) is 14.5 Å². The van der Waals surface area contributed by atoms with Crippen LogP contribution in [0.2, 0.25) is 5.02 Å². The van der Waals surface area contributed by atoms with Crippen molar-refractivity contribution in [3.05, 3.63) is 58.1 Å². The van der Waals surface area contributed by atoms with Crippen LogP contribution in [0.25, 0.3) is 0 Å². The number of hydrogen-bond donors (Lipinski definition) is 3. The van der Waals surface area contributed by atoms with Gasteiger partial charge in [-0.05, 0) is 31.2 Å². The zero-order valence-electron chi connectivity index (χ0n) is 15.6. The fraction of sp³-hybridized carbons (Fsp3) is 0.263. The second kappa shape index (κ2) is 8.18. The van der Waals surface area contributed by atoms with Crippen molar-refractivity contribution >= 4 is 40.1 Å². The number of nitrogens with one attached hydrogen (secondary N) is 1. The Bertz CT molecular complexity index is 1090. The van der Waals surface area contributed by atoms with Gasteiger partial charge in [-0.25, -0.2) is 18.8 Å². The predicted molar refractivity (Wildman–Crippen MR) is 111 cm³/mol. The van der Waals surface area contributed by atoms with E-state index in [0.29, 0.717) is 0 Å². The van der Waals surface area contributed by atoms with Crippen LogP contribution >= 0.6 is 23.4 Å². The summed E-state index contributed by atoms with van der Waals surface area (Å²) in [5, 5.41) is 21.3. The lowest BCUT2D eigenvalue weighted by Crippen LogP contribution is -2.53. The molecule has 0 saturated heterocycles. The quantitative estimate of drug-likeness (QED) is 0.656. The number of carbonyl (C=O) groups is 1. The Morgan fingerprint density at radius 3 is 2.87 bits per heavy atom. The molecule has 1 amide bonds. The molecule has 1 aliphatic rings. The smallest absolute Gasteiger partial charge is 0.275 e. The van der Waals surface area contributed by atoms with E-state index in [1.165, 1.54) is 31.3 Å². The van der Waals surface area contributed by atoms with Crippen molar-refractivity contribution in [2.24, 2.45) is 10.7 Å². The Labute approximate surface area is 180 Å². The highest BCUT2D eigenvalue weighted by Crippen LogP contribution is 2.46. The molecule has 0 bridgehead atoms. The first-order valence-electron chi connectivity index (χ1n) is 8.58. The van der Waals surface area contributed by atoms with E-state index in [1.54, 1.807) is 0 Å².